The zero-order chi connectivity index (χ0) is 11.5. The highest BCUT2D eigenvalue weighted by atomic mass is 79.9. The molecule has 0 saturated carbocycles. The van der Waals surface area contributed by atoms with Crippen molar-refractivity contribution in [2.45, 2.75) is 17.0 Å². The third-order valence-electron chi connectivity index (χ3n) is 1.83. The lowest BCUT2D eigenvalue weighted by Gasteiger charge is -1.96. The molecule has 0 amide bonds. The van der Waals surface area contributed by atoms with Crippen molar-refractivity contribution in [1.82, 2.24) is 4.98 Å². The number of hydrogen-bond donors (Lipinski definition) is 0. The standard InChI is InChI=1S/C11H8BrNO2S/c1-7(14)9-3-5-11(15-9)16-10-4-2-8(12)6-13-10/h2-6H,1H3. The maximum Gasteiger partial charge on any atom is 0.194 e. The lowest BCUT2D eigenvalue weighted by atomic mass is 10.3. The second-order valence-corrected chi connectivity index (χ2v) is 5.03. The van der Waals surface area contributed by atoms with Crippen LogP contribution < -0.4 is 0 Å². The van der Waals surface area contributed by atoms with Crippen LogP contribution in [-0.4, -0.2) is 10.8 Å². The Kier molecular flexibility index (Phi) is 3.46. The number of aromatic nitrogens is 1. The van der Waals surface area contributed by atoms with E-state index in [-0.39, 0.29) is 5.78 Å². The number of Topliss-reactive ketones (excluding diaryl/α,β-unsaturated/α-hetero) is 1. The van der Waals surface area contributed by atoms with Crippen LogP contribution in [0.1, 0.15) is 17.5 Å². The van der Waals surface area contributed by atoms with Crippen LogP contribution >= 0.6 is 27.7 Å². The van der Waals surface area contributed by atoms with Gasteiger partial charge in [-0.3, -0.25) is 4.79 Å². The molecule has 0 aliphatic carbocycles. The van der Waals surface area contributed by atoms with E-state index >= 15 is 0 Å². The van der Waals surface area contributed by atoms with Gasteiger partial charge in [0.25, 0.3) is 0 Å². The second kappa shape index (κ2) is 4.84. The molecule has 0 bridgehead atoms. The number of nitrogens with zero attached hydrogens (tertiary/aromatic N) is 1. The van der Waals surface area contributed by atoms with Crippen molar-refractivity contribution in [2.24, 2.45) is 0 Å². The fraction of sp³-hybridized carbons (Fsp3) is 0.0909. The maximum atomic E-state index is 11.0. The van der Waals surface area contributed by atoms with Gasteiger partial charge in [0, 0.05) is 17.6 Å². The third-order valence-corrected chi connectivity index (χ3v) is 3.17. The number of rotatable bonds is 3. The average molecular weight is 298 g/mol. The molecule has 5 heteroatoms. The molecular weight excluding hydrogens is 290 g/mol. The lowest BCUT2D eigenvalue weighted by molar-refractivity contribution is 0.0982. The molecule has 3 nitrogen and oxygen atoms in total. The maximum absolute atomic E-state index is 11.0. The van der Waals surface area contributed by atoms with Crippen LogP contribution in [-0.2, 0) is 0 Å². The molecule has 0 aromatic carbocycles. The Morgan fingerprint density at radius 3 is 2.75 bits per heavy atom. The van der Waals surface area contributed by atoms with Crippen molar-refractivity contribution in [3.05, 3.63) is 40.7 Å². The van der Waals surface area contributed by atoms with Gasteiger partial charge in [-0.05, 0) is 52.0 Å². The van der Waals surface area contributed by atoms with Crippen molar-refractivity contribution < 1.29 is 9.21 Å². The van der Waals surface area contributed by atoms with E-state index in [1.54, 1.807) is 18.3 Å². The summed E-state index contributed by atoms with van der Waals surface area (Å²) in [5.74, 6) is 0.301. The molecule has 0 saturated heterocycles. The predicted molar refractivity (Wildman–Crippen MR) is 64.8 cm³/mol. The number of hydrogen-bond acceptors (Lipinski definition) is 4. The minimum Gasteiger partial charge on any atom is -0.446 e. The van der Waals surface area contributed by atoms with Crippen LogP contribution in [0.3, 0.4) is 0 Å². The van der Waals surface area contributed by atoms with Crippen molar-refractivity contribution >= 4 is 33.5 Å². The van der Waals surface area contributed by atoms with Crippen LogP contribution in [0.2, 0.25) is 0 Å². The SMILES string of the molecule is CC(=O)c1ccc(Sc2ccc(Br)cn2)o1. The Morgan fingerprint density at radius 1 is 1.38 bits per heavy atom. The Balaban J connectivity index is 2.14. The van der Waals surface area contributed by atoms with Crippen LogP contribution in [0.5, 0.6) is 0 Å². The van der Waals surface area contributed by atoms with Crippen molar-refractivity contribution in [1.29, 1.82) is 0 Å². The summed E-state index contributed by atoms with van der Waals surface area (Å²) in [6.45, 7) is 1.48. The van der Waals surface area contributed by atoms with Gasteiger partial charge in [0.15, 0.2) is 16.6 Å². The molecule has 2 aromatic heterocycles. The van der Waals surface area contributed by atoms with E-state index in [9.17, 15) is 4.79 Å². The minimum atomic E-state index is -0.0735. The summed E-state index contributed by atoms with van der Waals surface area (Å²) < 4.78 is 6.27. The normalized spacial score (nSPS) is 10.4. The number of furan rings is 1. The summed E-state index contributed by atoms with van der Waals surface area (Å²) in [5, 5.41) is 1.49. The highest BCUT2D eigenvalue weighted by Gasteiger charge is 2.07. The van der Waals surface area contributed by atoms with E-state index in [0.717, 1.165) is 9.50 Å². The van der Waals surface area contributed by atoms with Gasteiger partial charge in [0.1, 0.15) is 5.03 Å². The van der Waals surface area contributed by atoms with Crippen LogP contribution in [0.4, 0.5) is 0 Å². The molecule has 0 spiro atoms. The monoisotopic (exact) mass is 297 g/mol. The van der Waals surface area contributed by atoms with Crippen LogP contribution in [0, 0.1) is 0 Å². The van der Waals surface area contributed by atoms with Crippen molar-refractivity contribution in [3.8, 4) is 0 Å². The molecule has 16 heavy (non-hydrogen) atoms. The molecule has 0 aliphatic rings. The number of carbonyl (C=O) groups is 1. The molecular formula is C11H8BrNO2S. The second-order valence-electron chi connectivity index (χ2n) is 3.09. The molecule has 0 atom stereocenters. The topological polar surface area (TPSA) is 43.1 Å². The zero-order valence-corrected chi connectivity index (χ0v) is 10.8. The Bertz CT molecular complexity index is 507. The fourth-order valence-corrected chi connectivity index (χ4v) is 2.04. The number of halogens is 1. The highest BCUT2D eigenvalue weighted by Crippen LogP contribution is 2.28. The molecule has 82 valence electrons. The van der Waals surface area contributed by atoms with Gasteiger partial charge in [0.2, 0.25) is 0 Å². The van der Waals surface area contributed by atoms with Gasteiger partial charge in [-0.2, -0.15) is 0 Å². The number of carbonyl (C=O) groups excluding carboxylic acids is 1. The molecule has 0 aliphatic heterocycles. The van der Waals surface area contributed by atoms with E-state index in [4.69, 9.17) is 4.42 Å². The predicted octanol–water partition coefficient (Wildman–Crippen LogP) is 3.79. The van der Waals surface area contributed by atoms with Gasteiger partial charge in [0.05, 0.1) is 0 Å². The van der Waals surface area contributed by atoms with E-state index in [2.05, 4.69) is 20.9 Å². The van der Waals surface area contributed by atoms with Gasteiger partial charge in [-0.1, -0.05) is 0 Å². The molecule has 0 N–H and O–H groups in total. The van der Waals surface area contributed by atoms with E-state index < -0.39 is 0 Å². The zero-order valence-electron chi connectivity index (χ0n) is 8.44. The summed E-state index contributed by atoms with van der Waals surface area (Å²) in [6, 6.07) is 7.23. The summed E-state index contributed by atoms with van der Waals surface area (Å²) in [7, 11) is 0. The van der Waals surface area contributed by atoms with E-state index in [0.29, 0.717) is 10.9 Å². The molecule has 0 radical (unpaired) electrons. The molecule has 2 rings (SSSR count). The van der Waals surface area contributed by atoms with Crippen molar-refractivity contribution in [2.75, 3.05) is 0 Å². The van der Waals surface area contributed by atoms with E-state index in [1.165, 1.54) is 18.7 Å². The molecule has 0 fully saturated rings. The Labute approximate surface area is 105 Å². The smallest absolute Gasteiger partial charge is 0.194 e. The summed E-state index contributed by atoms with van der Waals surface area (Å²) >= 11 is 4.70. The summed E-state index contributed by atoms with van der Waals surface area (Å²) in [4.78, 5) is 15.2. The first-order valence-electron chi connectivity index (χ1n) is 4.55. The Hall–Kier alpha value is -1.07. The number of ketones is 1. The molecule has 0 unspecified atom stereocenters. The average Bonchev–Trinajstić information content (AvgIpc) is 2.70. The molecule has 2 heterocycles. The fourth-order valence-electron chi connectivity index (χ4n) is 1.09. The Morgan fingerprint density at radius 2 is 2.19 bits per heavy atom. The number of pyridine rings is 1. The summed E-state index contributed by atoms with van der Waals surface area (Å²) in [6.07, 6.45) is 1.72. The first-order chi connectivity index (χ1) is 7.65. The van der Waals surface area contributed by atoms with Gasteiger partial charge in [-0.15, -0.1) is 0 Å². The minimum absolute atomic E-state index is 0.0735. The van der Waals surface area contributed by atoms with Crippen LogP contribution in [0.25, 0.3) is 0 Å². The first kappa shape index (κ1) is 11.4. The van der Waals surface area contributed by atoms with E-state index in [1.807, 2.05) is 12.1 Å². The van der Waals surface area contributed by atoms with Crippen LogP contribution in [0.15, 0.2) is 49.5 Å². The molecule has 2 aromatic rings. The summed E-state index contributed by atoms with van der Waals surface area (Å²) in [5.41, 5.74) is 0. The first-order valence-corrected chi connectivity index (χ1v) is 6.16. The van der Waals surface area contributed by atoms with Crippen molar-refractivity contribution in [3.63, 3.8) is 0 Å². The highest BCUT2D eigenvalue weighted by molar-refractivity contribution is 9.10. The van der Waals surface area contributed by atoms with Gasteiger partial charge >= 0.3 is 0 Å². The largest absolute Gasteiger partial charge is 0.446 e. The van der Waals surface area contributed by atoms with Gasteiger partial charge < -0.3 is 4.42 Å². The lowest BCUT2D eigenvalue weighted by Crippen LogP contribution is -1.85. The quantitative estimate of drug-likeness (QED) is 0.809. The third kappa shape index (κ3) is 2.74. The van der Waals surface area contributed by atoms with Gasteiger partial charge in [-0.25, -0.2) is 4.98 Å².